The molecule has 0 saturated heterocycles. The molecule has 4 heterocycles. The Morgan fingerprint density at radius 2 is 2.03 bits per heavy atom. The third kappa shape index (κ3) is 3.76. The molecule has 0 aromatic carbocycles. The number of aromatic amines is 1. The number of allylic oxidation sites excluding steroid dienone is 2. The Kier molecular flexibility index (Phi) is 5.87. The van der Waals surface area contributed by atoms with Gasteiger partial charge in [-0.1, -0.05) is 43.2 Å². The molecule has 0 radical (unpaired) electrons. The van der Waals surface area contributed by atoms with Crippen LogP contribution in [0.25, 0.3) is 0 Å². The molecular weight excluding hydrogens is 444 g/mol. The molecule has 1 amide bonds. The molecule has 3 aromatic heterocycles. The first kappa shape index (κ1) is 22.6. The number of fused-ring (bicyclic) bond motifs is 1. The molecule has 0 spiro atoms. The van der Waals surface area contributed by atoms with Crippen LogP contribution in [0.1, 0.15) is 41.7 Å². The van der Waals surface area contributed by atoms with Gasteiger partial charge >= 0.3 is 0 Å². The number of amides is 1. The first-order valence-electron chi connectivity index (χ1n) is 11.4. The molecule has 2 aliphatic rings. The van der Waals surface area contributed by atoms with Gasteiger partial charge in [0.2, 0.25) is 0 Å². The topological polar surface area (TPSA) is 95.6 Å². The smallest absolute Gasteiger partial charge is 0.255 e. The minimum Gasteiger partial charge on any atom is -0.320 e. The highest BCUT2D eigenvalue weighted by molar-refractivity contribution is 7.97. The van der Waals surface area contributed by atoms with Gasteiger partial charge in [-0.3, -0.25) is 24.6 Å². The van der Waals surface area contributed by atoms with Crippen LogP contribution in [0.3, 0.4) is 0 Å². The van der Waals surface area contributed by atoms with Crippen molar-refractivity contribution in [1.82, 2.24) is 24.9 Å². The largest absolute Gasteiger partial charge is 0.320 e. The van der Waals surface area contributed by atoms with E-state index in [-0.39, 0.29) is 11.2 Å². The van der Waals surface area contributed by atoms with Crippen molar-refractivity contribution in [3.05, 3.63) is 95.4 Å². The quantitative estimate of drug-likeness (QED) is 0.486. The van der Waals surface area contributed by atoms with E-state index in [4.69, 9.17) is 4.98 Å². The van der Waals surface area contributed by atoms with Crippen LogP contribution in [-0.4, -0.2) is 32.6 Å². The Hall–Kier alpha value is -3.23. The van der Waals surface area contributed by atoms with Gasteiger partial charge in [0.05, 0.1) is 28.5 Å². The van der Waals surface area contributed by atoms with Crippen molar-refractivity contribution in [2.45, 2.75) is 37.9 Å². The number of nitrogens with one attached hydrogen (secondary N) is 3. The summed E-state index contributed by atoms with van der Waals surface area (Å²) in [5.41, 5.74) is 4.40. The summed E-state index contributed by atoms with van der Waals surface area (Å²) in [5.74, 6) is -0.160. The van der Waals surface area contributed by atoms with Gasteiger partial charge in [-0.25, -0.2) is 0 Å². The molecule has 34 heavy (non-hydrogen) atoms. The van der Waals surface area contributed by atoms with Crippen LogP contribution in [0, 0.1) is 12.3 Å². The highest BCUT2D eigenvalue weighted by Crippen LogP contribution is 2.58. The maximum atomic E-state index is 13.3. The van der Waals surface area contributed by atoms with Crippen LogP contribution < -0.4 is 10.0 Å². The van der Waals surface area contributed by atoms with E-state index in [1.54, 1.807) is 18.1 Å². The third-order valence-corrected chi connectivity index (χ3v) is 8.49. The fraction of sp³-hybridized carbons (Fsp3) is 0.308. The average molecular weight is 473 g/mol. The van der Waals surface area contributed by atoms with Gasteiger partial charge in [0.1, 0.15) is 0 Å². The number of carbonyl (C=O) groups excluding carboxylic acids is 1. The highest BCUT2D eigenvalue weighted by Gasteiger charge is 2.52. The van der Waals surface area contributed by atoms with Crippen molar-refractivity contribution in [1.29, 1.82) is 0 Å². The number of anilines is 1. The van der Waals surface area contributed by atoms with Crippen molar-refractivity contribution >= 4 is 23.5 Å². The average Bonchev–Trinajstić information content (AvgIpc) is 3.21. The third-order valence-electron chi connectivity index (χ3n) is 7.14. The second-order valence-corrected chi connectivity index (χ2v) is 10.2. The second-order valence-electron chi connectivity index (χ2n) is 9.17. The van der Waals surface area contributed by atoms with E-state index >= 15 is 0 Å². The van der Waals surface area contributed by atoms with Gasteiger partial charge in [0.25, 0.3) is 5.91 Å². The molecule has 1 aliphatic heterocycles. The molecule has 0 fully saturated rings. The summed E-state index contributed by atoms with van der Waals surface area (Å²) in [7, 11) is 0. The second kappa shape index (κ2) is 8.85. The SMILES string of the molecule is Cc1ncccc1NC(=O)C1=CC(C)(c2ccccn2)C(C)(C2SNCCc3[nH]ncc32)C=C1. The van der Waals surface area contributed by atoms with Crippen molar-refractivity contribution in [2.24, 2.45) is 5.41 Å². The molecule has 3 atom stereocenters. The van der Waals surface area contributed by atoms with Crippen molar-refractivity contribution in [2.75, 3.05) is 11.9 Å². The lowest BCUT2D eigenvalue weighted by atomic mass is 9.58. The molecule has 1 aliphatic carbocycles. The van der Waals surface area contributed by atoms with Crippen molar-refractivity contribution in [3.8, 4) is 0 Å². The van der Waals surface area contributed by atoms with E-state index in [1.807, 2.05) is 55.7 Å². The highest BCUT2D eigenvalue weighted by atomic mass is 32.2. The molecule has 5 rings (SSSR count). The Bertz CT molecular complexity index is 1270. The van der Waals surface area contributed by atoms with Crippen molar-refractivity contribution in [3.63, 3.8) is 0 Å². The summed E-state index contributed by atoms with van der Waals surface area (Å²) < 4.78 is 3.52. The molecule has 7 nitrogen and oxygen atoms in total. The van der Waals surface area contributed by atoms with E-state index in [0.717, 1.165) is 30.0 Å². The van der Waals surface area contributed by atoms with Crippen molar-refractivity contribution < 1.29 is 4.79 Å². The number of rotatable bonds is 4. The van der Waals surface area contributed by atoms with Gasteiger partial charge in [-0.05, 0) is 38.1 Å². The molecule has 3 aromatic rings. The molecule has 8 heteroatoms. The Morgan fingerprint density at radius 3 is 2.82 bits per heavy atom. The number of aromatic nitrogens is 4. The summed E-state index contributed by atoms with van der Waals surface area (Å²) >= 11 is 1.72. The summed E-state index contributed by atoms with van der Waals surface area (Å²) in [4.78, 5) is 22.4. The summed E-state index contributed by atoms with van der Waals surface area (Å²) in [6.07, 6.45) is 12.6. The predicted octanol–water partition coefficient (Wildman–Crippen LogP) is 4.44. The monoisotopic (exact) mass is 472 g/mol. The lowest BCUT2D eigenvalue weighted by molar-refractivity contribution is -0.112. The molecular formula is C26H28N6OS. The zero-order valence-electron chi connectivity index (χ0n) is 19.5. The lowest BCUT2D eigenvalue weighted by Gasteiger charge is -2.49. The molecule has 174 valence electrons. The maximum absolute atomic E-state index is 13.3. The van der Waals surface area contributed by atoms with Crippen LogP contribution in [0.4, 0.5) is 5.69 Å². The Labute approximate surface area is 203 Å². The fourth-order valence-corrected chi connectivity index (χ4v) is 6.14. The summed E-state index contributed by atoms with van der Waals surface area (Å²) in [5, 5.41) is 10.6. The van der Waals surface area contributed by atoms with E-state index in [2.05, 4.69) is 51.2 Å². The molecule has 0 bridgehead atoms. The molecule has 3 N–H and O–H groups in total. The Balaban J connectivity index is 1.59. The van der Waals surface area contributed by atoms with Gasteiger partial charge in [-0.15, -0.1) is 0 Å². The van der Waals surface area contributed by atoms with E-state index in [0.29, 0.717) is 11.3 Å². The summed E-state index contributed by atoms with van der Waals surface area (Å²) in [6, 6.07) is 9.65. The lowest BCUT2D eigenvalue weighted by Crippen LogP contribution is -2.45. The predicted molar refractivity (Wildman–Crippen MR) is 135 cm³/mol. The summed E-state index contributed by atoms with van der Waals surface area (Å²) in [6.45, 7) is 7.17. The number of H-pyrrole nitrogens is 1. The first-order valence-corrected chi connectivity index (χ1v) is 12.3. The van der Waals surface area contributed by atoms with Crippen LogP contribution >= 0.6 is 11.9 Å². The van der Waals surface area contributed by atoms with E-state index < -0.39 is 10.8 Å². The van der Waals surface area contributed by atoms with Crippen LogP contribution in [0.15, 0.2) is 72.7 Å². The number of nitrogens with zero attached hydrogens (tertiary/aromatic N) is 3. The van der Waals surface area contributed by atoms with E-state index in [1.165, 1.54) is 5.56 Å². The van der Waals surface area contributed by atoms with E-state index in [9.17, 15) is 4.79 Å². The fourth-order valence-electron chi connectivity index (χ4n) is 4.86. The standard InChI is InChI=1S/C26H28N6OS/c1-17-20(7-6-13-27-17)31-24(33)18-9-11-25(2,26(3,15-18)22-8-4-5-12-28-22)23-19-16-29-32-21(19)10-14-30-34-23/h4-9,11-13,15-16,23,30H,10,14H2,1-3H3,(H,29,32)(H,31,33). The zero-order chi connectivity index (χ0) is 23.8. The molecule has 0 saturated carbocycles. The number of pyridine rings is 2. The number of aryl methyl sites for hydroxylation is 1. The maximum Gasteiger partial charge on any atom is 0.255 e. The minimum atomic E-state index is -0.558. The van der Waals surface area contributed by atoms with Gasteiger partial charge in [0.15, 0.2) is 0 Å². The van der Waals surface area contributed by atoms with Crippen LogP contribution in [0.2, 0.25) is 0 Å². The number of hydrogen-bond donors (Lipinski definition) is 3. The molecule has 3 unspecified atom stereocenters. The van der Waals surface area contributed by atoms with Crippen LogP contribution in [-0.2, 0) is 16.6 Å². The van der Waals surface area contributed by atoms with Gasteiger partial charge in [0, 0.05) is 53.0 Å². The minimum absolute atomic E-state index is 0.0634. The number of hydrogen-bond acceptors (Lipinski definition) is 6. The zero-order valence-corrected chi connectivity index (χ0v) is 20.3. The first-order chi connectivity index (χ1) is 16.4. The van der Waals surface area contributed by atoms with Gasteiger partial charge < -0.3 is 5.32 Å². The van der Waals surface area contributed by atoms with Crippen LogP contribution in [0.5, 0.6) is 0 Å². The Morgan fingerprint density at radius 1 is 1.18 bits per heavy atom. The normalized spacial score (nSPS) is 26.3. The number of carbonyl (C=O) groups is 1. The van der Waals surface area contributed by atoms with Gasteiger partial charge in [-0.2, -0.15) is 5.10 Å².